The summed E-state index contributed by atoms with van der Waals surface area (Å²) in [5, 5.41) is 9.03. The number of carbonyl (C=O) groups is 1. The third-order valence-electron chi connectivity index (χ3n) is 2.66. The predicted molar refractivity (Wildman–Crippen MR) is 53.3 cm³/mol. The average molecular weight is 229 g/mol. The van der Waals surface area contributed by atoms with Crippen molar-refractivity contribution >= 4 is 5.91 Å². The average Bonchev–Trinajstić information content (AvgIpc) is 2.57. The number of hydrogen-bond acceptors (Lipinski definition) is 2. The summed E-state index contributed by atoms with van der Waals surface area (Å²) in [6, 6.07) is 1.62. The van der Waals surface area contributed by atoms with Gasteiger partial charge in [0, 0.05) is 25.1 Å². The van der Waals surface area contributed by atoms with Crippen molar-refractivity contribution in [3.63, 3.8) is 0 Å². The summed E-state index contributed by atoms with van der Waals surface area (Å²) in [5.74, 6) is -2.96. The highest BCUT2D eigenvalue weighted by molar-refractivity contribution is 5.92. The van der Waals surface area contributed by atoms with Crippen molar-refractivity contribution in [3.05, 3.63) is 17.5 Å². The van der Waals surface area contributed by atoms with E-state index in [0.29, 0.717) is 12.2 Å². The lowest BCUT2D eigenvalue weighted by molar-refractivity contribution is -0.108. The van der Waals surface area contributed by atoms with Gasteiger partial charge in [0.2, 0.25) is 5.92 Å². The van der Waals surface area contributed by atoms with Crippen LogP contribution in [0.25, 0.3) is 0 Å². The van der Waals surface area contributed by atoms with E-state index >= 15 is 0 Å². The van der Waals surface area contributed by atoms with Gasteiger partial charge in [-0.3, -0.25) is 9.89 Å². The maximum absolute atomic E-state index is 12.5. The molecule has 0 atom stereocenters. The Kier molecular flexibility index (Phi) is 2.65. The van der Waals surface area contributed by atoms with Crippen LogP contribution in [0.2, 0.25) is 0 Å². The van der Waals surface area contributed by atoms with E-state index in [1.807, 2.05) is 0 Å². The molecule has 1 aromatic rings. The first-order valence-corrected chi connectivity index (χ1v) is 5.14. The van der Waals surface area contributed by atoms with Crippen LogP contribution in [0.4, 0.5) is 8.78 Å². The molecule has 0 spiro atoms. The predicted octanol–water partition coefficient (Wildman–Crippen LogP) is 1.49. The van der Waals surface area contributed by atoms with Gasteiger partial charge in [0.25, 0.3) is 5.91 Å². The van der Waals surface area contributed by atoms with Gasteiger partial charge >= 0.3 is 0 Å². The van der Waals surface area contributed by atoms with Crippen LogP contribution in [-0.4, -0.2) is 28.6 Å². The van der Waals surface area contributed by atoms with Crippen molar-refractivity contribution in [3.8, 4) is 0 Å². The summed E-state index contributed by atoms with van der Waals surface area (Å²) in [4.78, 5) is 11.5. The molecule has 1 aliphatic carbocycles. The van der Waals surface area contributed by atoms with Gasteiger partial charge in [0.1, 0.15) is 5.69 Å². The molecule has 16 heavy (non-hydrogen) atoms. The summed E-state index contributed by atoms with van der Waals surface area (Å²) in [5.41, 5.74) is 1.09. The van der Waals surface area contributed by atoms with Crippen molar-refractivity contribution in [2.24, 2.45) is 5.92 Å². The van der Waals surface area contributed by atoms with Gasteiger partial charge in [-0.25, -0.2) is 8.78 Å². The SMILES string of the molecule is Cc1cc(C(=O)NCC2CC(F)(F)C2)n[nH]1. The Balaban J connectivity index is 1.77. The van der Waals surface area contributed by atoms with Gasteiger partial charge in [-0.15, -0.1) is 0 Å². The molecule has 1 aliphatic rings. The molecule has 0 unspecified atom stereocenters. The van der Waals surface area contributed by atoms with Crippen LogP contribution in [0.15, 0.2) is 6.07 Å². The van der Waals surface area contributed by atoms with Crippen molar-refractivity contribution < 1.29 is 13.6 Å². The van der Waals surface area contributed by atoms with Crippen LogP contribution < -0.4 is 5.32 Å². The van der Waals surface area contributed by atoms with Gasteiger partial charge in [-0.05, 0) is 18.9 Å². The highest BCUT2D eigenvalue weighted by Crippen LogP contribution is 2.41. The highest BCUT2D eigenvalue weighted by atomic mass is 19.3. The zero-order valence-electron chi connectivity index (χ0n) is 8.89. The third kappa shape index (κ3) is 2.37. The maximum atomic E-state index is 12.5. The minimum absolute atomic E-state index is 0.112. The van der Waals surface area contributed by atoms with Crippen LogP contribution in [0.1, 0.15) is 29.0 Å². The Morgan fingerprint density at radius 3 is 2.88 bits per heavy atom. The maximum Gasteiger partial charge on any atom is 0.271 e. The van der Waals surface area contributed by atoms with E-state index in [1.54, 1.807) is 13.0 Å². The molecular weight excluding hydrogens is 216 g/mol. The number of amides is 1. The molecule has 0 radical (unpaired) electrons. The van der Waals surface area contributed by atoms with Crippen molar-refractivity contribution in [1.82, 2.24) is 15.5 Å². The van der Waals surface area contributed by atoms with E-state index in [9.17, 15) is 13.6 Å². The summed E-state index contributed by atoms with van der Waals surface area (Å²) >= 11 is 0. The van der Waals surface area contributed by atoms with E-state index in [4.69, 9.17) is 0 Å². The minimum Gasteiger partial charge on any atom is -0.350 e. The van der Waals surface area contributed by atoms with Crippen LogP contribution in [-0.2, 0) is 0 Å². The fraction of sp³-hybridized carbons (Fsp3) is 0.600. The van der Waals surface area contributed by atoms with E-state index in [0.717, 1.165) is 5.69 Å². The van der Waals surface area contributed by atoms with Gasteiger partial charge in [0.05, 0.1) is 0 Å². The summed E-state index contributed by atoms with van der Waals surface area (Å²) in [7, 11) is 0. The molecule has 2 rings (SSSR count). The van der Waals surface area contributed by atoms with Crippen LogP contribution in [0.3, 0.4) is 0 Å². The van der Waals surface area contributed by atoms with E-state index < -0.39 is 5.92 Å². The lowest BCUT2D eigenvalue weighted by atomic mass is 9.81. The second-order valence-electron chi connectivity index (χ2n) is 4.28. The summed E-state index contributed by atoms with van der Waals surface area (Å²) < 4.78 is 25.0. The van der Waals surface area contributed by atoms with Crippen LogP contribution in [0, 0.1) is 12.8 Å². The number of hydrogen-bond donors (Lipinski definition) is 2. The number of aromatic nitrogens is 2. The smallest absolute Gasteiger partial charge is 0.271 e. The Labute approximate surface area is 91.4 Å². The standard InChI is InChI=1S/C10H13F2N3O/c1-6-2-8(15-14-6)9(16)13-5-7-3-10(11,12)4-7/h2,7H,3-5H2,1H3,(H,13,16)(H,14,15). The second kappa shape index (κ2) is 3.84. The molecule has 0 aliphatic heterocycles. The minimum atomic E-state index is -2.53. The first kappa shape index (κ1) is 11.0. The number of aromatic amines is 1. The fourth-order valence-electron chi connectivity index (χ4n) is 1.79. The molecule has 6 heteroatoms. The molecule has 0 saturated heterocycles. The molecule has 0 aromatic carbocycles. The van der Waals surface area contributed by atoms with E-state index in [-0.39, 0.29) is 24.7 Å². The molecule has 2 N–H and O–H groups in total. The fourth-order valence-corrected chi connectivity index (χ4v) is 1.79. The summed E-state index contributed by atoms with van der Waals surface area (Å²) in [6.45, 7) is 2.08. The van der Waals surface area contributed by atoms with Crippen molar-refractivity contribution in [2.75, 3.05) is 6.54 Å². The zero-order chi connectivity index (χ0) is 11.8. The number of alkyl halides is 2. The number of aryl methyl sites for hydroxylation is 1. The van der Waals surface area contributed by atoms with E-state index in [1.165, 1.54) is 0 Å². The highest BCUT2D eigenvalue weighted by Gasteiger charge is 2.45. The normalized spacial score (nSPS) is 19.2. The Hall–Kier alpha value is -1.46. The number of H-pyrrole nitrogens is 1. The lowest BCUT2D eigenvalue weighted by Gasteiger charge is -2.34. The number of rotatable bonds is 3. The Morgan fingerprint density at radius 1 is 1.69 bits per heavy atom. The zero-order valence-corrected chi connectivity index (χ0v) is 8.89. The first-order chi connectivity index (χ1) is 7.46. The number of nitrogens with one attached hydrogen (secondary N) is 2. The largest absolute Gasteiger partial charge is 0.350 e. The molecule has 88 valence electrons. The first-order valence-electron chi connectivity index (χ1n) is 5.14. The monoisotopic (exact) mass is 229 g/mol. The molecule has 1 heterocycles. The van der Waals surface area contributed by atoms with Crippen molar-refractivity contribution in [2.45, 2.75) is 25.7 Å². The molecule has 1 saturated carbocycles. The molecular formula is C10H13F2N3O. The number of nitrogens with zero attached hydrogens (tertiary/aromatic N) is 1. The molecule has 0 bridgehead atoms. The summed E-state index contributed by atoms with van der Waals surface area (Å²) in [6.07, 6.45) is -0.264. The van der Waals surface area contributed by atoms with Crippen LogP contribution in [0.5, 0.6) is 0 Å². The second-order valence-corrected chi connectivity index (χ2v) is 4.28. The lowest BCUT2D eigenvalue weighted by Crippen LogP contribution is -2.42. The van der Waals surface area contributed by atoms with Gasteiger partial charge < -0.3 is 5.32 Å². The number of halogens is 2. The molecule has 1 fully saturated rings. The Bertz CT molecular complexity index is 395. The van der Waals surface area contributed by atoms with Crippen molar-refractivity contribution in [1.29, 1.82) is 0 Å². The third-order valence-corrected chi connectivity index (χ3v) is 2.66. The molecule has 1 amide bonds. The molecule has 4 nitrogen and oxygen atoms in total. The van der Waals surface area contributed by atoms with Gasteiger partial charge in [0.15, 0.2) is 0 Å². The van der Waals surface area contributed by atoms with E-state index in [2.05, 4.69) is 15.5 Å². The van der Waals surface area contributed by atoms with Gasteiger partial charge in [-0.2, -0.15) is 5.10 Å². The van der Waals surface area contributed by atoms with Gasteiger partial charge in [-0.1, -0.05) is 0 Å². The quantitative estimate of drug-likeness (QED) is 0.825. The van der Waals surface area contributed by atoms with Crippen LogP contribution >= 0.6 is 0 Å². The topological polar surface area (TPSA) is 57.8 Å². The Morgan fingerprint density at radius 2 is 2.38 bits per heavy atom. The molecule has 1 aromatic heterocycles. The number of carbonyl (C=O) groups excluding carboxylic acids is 1.